The minimum atomic E-state index is -0.764. The molecule has 6 heteroatoms. The van der Waals surface area contributed by atoms with Crippen LogP contribution in [0.5, 0.6) is 0 Å². The highest BCUT2D eigenvalue weighted by atomic mass is 32.1. The van der Waals surface area contributed by atoms with Gasteiger partial charge in [-0.2, -0.15) is 0 Å². The maximum absolute atomic E-state index is 10.7. The Balaban J connectivity index is 2.10. The van der Waals surface area contributed by atoms with E-state index in [0.29, 0.717) is 13.1 Å². The molecule has 2 rings (SSSR count). The lowest BCUT2D eigenvalue weighted by Gasteiger charge is -2.34. The number of imidazole rings is 1. The van der Waals surface area contributed by atoms with Gasteiger partial charge in [-0.05, 0) is 20.8 Å². The predicted octanol–water partition coefficient (Wildman–Crippen LogP) is 2.47. The van der Waals surface area contributed by atoms with E-state index in [9.17, 15) is 4.79 Å². The lowest BCUT2D eigenvalue weighted by Crippen LogP contribution is -2.42. The number of nitrogens with zero attached hydrogens (tertiary/aromatic N) is 3. The molecule has 0 aromatic carbocycles. The number of carboxylic acids is 1. The van der Waals surface area contributed by atoms with Crippen LogP contribution in [0.25, 0.3) is 4.96 Å². The first-order valence-corrected chi connectivity index (χ1v) is 7.12. The lowest BCUT2D eigenvalue weighted by atomic mass is 10.1. The summed E-state index contributed by atoms with van der Waals surface area (Å²) in [6, 6.07) is 0. The first-order chi connectivity index (χ1) is 8.86. The van der Waals surface area contributed by atoms with Crippen molar-refractivity contribution in [2.75, 3.05) is 6.54 Å². The van der Waals surface area contributed by atoms with Crippen molar-refractivity contribution in [1.29, 1.82) is 0 Å². The topological polar surface area (TPSA) is 57.8 Å². The Morgan fingerprint density at radius 1 is 1.53 bits per heavy atom. The van der Waals surface area contributed by atoms with Crippen LogP contribution in [-0.2, 0) is 11.3 Å². The van der Waals surface area contributed by atoms with Gasteiger partial charge in [0.15, 0.2) is 4.96 Å². The number of rotatable bonds is 5. The van der Waals surface area contributed by atoms with Crippen LogP contribution in [0, 0.1) is 0 Å². The van der Waals surface area contributed by atoms with Crippen molar-refractivity contribution in [3.05, 3.63) is 23.5 Å². The first-order valence-electron chi connectivity index (χ1n) is 6.24. The third-order valence-electron chi connectivity index (χ3n) is 3.04. The highest BCUT2D eigenvalue weighted by Gasteiger charge is 2.23. The van der Waals surface area contributed by atoms with E-state index in [1.807, 2.05) is 22.2 Å². The van der Waals surface area contributed by atoms with Crippen molar-refractivity contribution in [3.63, 3.8) is 0 Å². The van der Waals surface area contributed by atoms with E-state index in [1.54, 1.807) is 11.3 Å². The smallest absolute Gasteiger partial charge is 0.304 e. The summed E-state index contributed by atoms with van der Waals surface area (Å²) in [5, 5.41) is 10.8. The normalized spacial score (nSPS) is 12.4. The first kappa shape index (κ1) is 14.0. The molecule has 0 saturated heterocycles. The molecule has 5 nitrogen and oxygen atoms in total. The SMILES string of the molecule is CC(C)(C)N(CCC(=O)O)Cc1cn2ccsc2n1. The molecule has 2 heterocycles. The molecule has 2 aromatic heterocycles. The third kappa shape index (κ3) is 3.54. The van der Waals surface area contributed by atoms with E-state index in [0.717, 1.165) is 10.7 Å². The second-order valence-electron chi connectivity index (χ2n) is 5.56. The van der Waals surface area contributed by atoms with E-state index in [1.165, 1.54) is 0 Å². The zero-order chi connectivity index (χ0) is 14.0. The standard InChI is InChI=1S/C13H19N3O2S/c1-13(2,3)16(5-4-11(17)18)9-10-8-15-6-7-19-12(15)14-10/h6-8H,4-5,9H2,1-3H3,(H,17,18). The van der Waals surface area contributed by atoms with Crippen molar-refractivity contribution >= 4 is 22.3 Å². The van der Waals surface area contributed by atoms with Crippen LogP contribution >= 0.6 is 11.3 Å². The van der Waals surface area contributed by atoms with Gasteiger partial charge in [0.2, 0.25) is 0 Å². The van der Waals surface area contributed by atoms with E-state index in [2.05, 4.69) is 30.7 Å². The van der Waals surface area contributed by atoms with Crippen molar-refractivity contribution < 1.29 is 9.90 Å². The number of hydrogen-bond donors (Lipinski definition) is 1. The number of aromatic nitrogens is 2. The Kier molecular flexibility index (Phi) is 3.91. The highest BCUT2D eigenvalue weighted by molar-refractivity contribution is 7.15. The molecule has 0 radical (unpaired) electrons. The molecule has 0 aliphatic rings. The van der Waals surface area contributed by atoms with Crippen LogP contribution in [0.15, 0.2) is 17.8 Å². The number of aliphatic carboxylic acids is 1. The van der Waals surface area contributed by atoms with Crippen LogP contribution < -0.4 is 0 Å². The van der Waals surface area contributed by atoms with E-state index in [-0.39, 0.29) is 12.0 Å². The Labute approximate surface area is 116 Å². The lowest BCUT2D eigenvalue weighted by molar-refractivity contribution is -0.137. The minimum absolute atomic E-state index is 0.0769. The van der Waals surface area contributed by atoms with Crippen LogP contribution in [0.3, 0.4) is 0 Å². The molecule has 0 bridgehead atoms. The summed E-state index contributed by atoms with van der Waals surface area (Å²) in [5.41, 5.74) is 0.902. The zero-order valence-electron chi connectivity index (χ0n) is 11.5. The number of hydrogen-bond acceptors (Lipinski definition) is 4. The fourth-order valence-corrected chi connectivity index (χ4v) is 2.65. The van der Waals surface area contributed by atoms with E-state index < -0.39 is 5.97 Å². The van der Waals surface area contributed by atoms with Crippen LogP contribution in [-0.4, -0.2) is 37.4 Å². The molecule has 0 amide bonds. The van der Waals surface area contributed by atoms with Gasteiger partial charge in [0.25, 0.3) is 0 Å². The van der Waals surface area contributed by atoms with Gasteiger partial charge in [-0.25, -0.2) is 4.98 Å². The Morgan fingerprint density at radius 3 is 2.84 bits per heavy atom. The van der Waals surface area contributed by atoms with Gasteiger partial charge in [0.1, 0.15) is 0 Å². The van der Waals surface area contributed by atoms with Gasteiger partial charge < -0.3 is 5.11 Å². The van der Waals surface area contributed by atoms with E-state index in [4.69, 9.17) is 5.11 Å². The molecule has 0 unspecified atom stereocenters. The molecule has 0 fully saturated rings. The van der Waals surface area contributed by atoms with Crippen LogP contribution in [0.2, 0.25) is 0 Å². The number of carbonyl (C=O) groups is 1. The Bertz CT molecular complexity index is 539. The van der Waals surface area contributed by atoms with Crippen LogP contribution in [0.1, 0.15) is 32.9 Å². The Morgan fingerprint density at radius 2 is 2.26 bits per heavy atom. The van der Waals surface area contributed by atoms with Gasteiger partial charge >= 0.3 is 5.97 Å². The molecular weight excluding hydrogens is 262 g/mol. The molecule has 19 heavy (non-hydrogen) atoms. The van der Waals surface area contributed by atoms with Crippen LogP contribution in [0.4, 0.5) is 0 Å². The summed E-state index contributed by atoms with van der Waals surface area (Å²) in [5.74, 6) is -0.764. The molecule has 0 aliphatic heterocycles. The zero-order valence-corrected chi connectivity index (χ0v) is 12.3. The number of carboxylic acid groups (broad SMARTS) is 1. The van der Waals surface area contributed by atoms with Gasteiger partial charge in [0, 0.05) is 36.4 Å². The summed E-state index contributed by atoms with van der Waals surface area (Å²) in [4.78, 5) is 18.4. The van der Waals surface area contributed by atoms with Crippen molar-refractivity contribution in [1.82, 2.24) is 14.3 Å². The van der Waals surface area contributed by atoms with E-state index >= 15 is 0 Å². The fraction of sp³-hybridized carbons (Fsp3) is 0.538. The fourth-order valence-electron chi connectivity index (χ4n) is 1.93. The molecule has 0 saturated carbocycles. The van der Waals surface area contributed by atoms with Gasteiger partial charge in [-0.1, -0.05) is 0 Å². The summed E-state index contributed by atoms with van der Waals surface area (Å²) in [6.07, 6.45) is 4.14. The monoisotopic (exact) mass is 281 g/mol. The van der Waals surface area contributed by atoms with Gasteiger partial charge in [-0.3, -0.25) is 14.1 Å². The van der Waals surface area contributed by atoms with Crippen molar-refractivity contribution in [2.24, 2.45) is 0 Å². The van der Waals surface area contributed by atoms with Gasteiger partial charge in [0.05, 0.1) is 12.1 Å². The largest absolute Gasteiger partial charge is 0.481 e. The van der Waals surface area contributed by atoms with Gasteiger partial charge in [-0.15, -0.1) is 11.3 Å². The summed E-state index contributed by atoms with van der Waals surface area (Å²) in [7, 11) is 0. The second-order valence-corrected chi connectivity index (χ2v) is 6.43. The molecule has 0 spiro atoms. The average molecular weight is 281 g/mol. The molecule has 0 atom stereocenters. The number of fused-ring (bicyclic) bond motifs is 1. The molecule has 2 aromatic rings. The molecular formula is C13H19N3O2S. The second kappa shape index (κ2) is 5.30. The molecule has 1 N–H and O–H groups in total. The highest BCUT2D eigenvalue weighted by Crippen LogP contribution is 2.19. The average Bonchev–Trinajstić information content (AvgIpc) is 2.81. The quantitative estimate of drug-likeness (QED) is 0.914. The maximum atomic E-state index is 10.7. The summed E-state index contributed by atoms with van der Waals surface area (Å²) >= 11 is 1.60. The third-order valence-corrected chi connectivity index (χ3v) is 3.81. The predicted molar refractivity (Wildman–Crippen MR) is 75.5 cm³/mol. The van der Waals surface area contributed by atoms with Crippen molar-refractivity contribution in [3.8, 4) is 0 Å². The summed E-state index contributed by atoms with van der Waals surface area (Å²) in [6.45, 7) is 7.48. The number of thiazole rings is 1. The molecule has 0 aliphatic carbocycles. The molecule has 104 valence electrons. The summed E-state index contributed by atoms with van der Waals surface area (Å²) < 4.78 is 2.00. The van der Waals surface area contributed by atoms with Crippen molar-refractivity contribution in [2.45, 2.75) is 39.3 Å². The minimum Gasteiger partial charge on any atom is -0.481 e. The maximum Gasteiger partial charge on any atom is 0.304 e. The Hall–Kier alpha value is -1.40.